The fourth-order valence-corrected chi connectivity index (χ4v) is 3.57. The van der Waals surface area contributed by atoms with Gasteiger partial charge in [-0.2, -0.15) is 0 Å². The Bertz CT molecular complexity index is 836. The van der Waals surface area contributed by atoms with Crippen molar-refractivity contribution in [2.75, 3.05) is 13.1 Å². The predicted octanol–water partition coefficient (Wildman–Crippen LogP) is 7.57. The van der Waals surface area contributed by atoms with Gasteiger partial charge >= 0.3 is 0 Å². The van der Waals surface area contributed by atoms with Gasteiger partial charge in [0.2, 0.25) is 0 Å². The molecule has 3 heteroatoms. The van der Waals surface area contributed by atoms with Crippen molar-refractivity contribution in [3.05, 3.63) is 83.4 Å². The number of unbranched alkanes of at least 4 members (excludes halogenated alkanes) is 1. The van der Waals surface area contributed by atoms with Gasteiger partial charge in [-0.3, -0.25) is 0 Å². The molecule has 3 N–H and O–H groups in total. The lowest BCUT2D eigenvalue weighted by atomic mass is 9.86. The summed E-state index contributed by atoms with van der Waals surface area (Å²) in [6.07, 6.45) is 7.77. The smallest absolute Gasteiger partial charge is 0.123 e. The minimum atomic E-state index is -0.436. The van der Waals surface area contributed by atoms with Crippen LogP contribution in [0, 0.1) is 5.92 Å². The fraction of sp³-hybridized carbons (Fsp3) is 0.429. The van der Waals surface area contributed by atoms with E-state index in [4.69, 9.17) is 5.73 Å². The number of rotatable bonds is 13. The van der Waals surface area contributed by atoms with Gasteiger partial charge in [0, 0.05) is 17.8 Å². The summed E-state index contributed by atoms with van der Waals surface area (Å²) in [7, 11) is 0. The molecule has 0 atom stereocenters. The highest BCUT2D eigenvalue weighted by Gasteiger charge is 2.17. The van der Waals surface area contributed by atoms with Crippen molar-refractivity contribution in [2.45, 2.75) is 60.3 Å². The number of benzene rings is 1. The zero-order valence-electron chi connectivity index (χ0n) is 20.2. The third-order valence-corrected chi connectivity index (χ3v) is 5.20. The van der Waals surface area contributed by atoms with E-state index in [2.05, 4.69) is 45.3 Å². The van der Waals surface area contributed by atoms with Gasteiger partial charge in [-0.15, -0.1) is 0 Å². The number of nitrogens with two attached hydrogens (primary N) is 1. The molecule has 1 aromatic rings. The van der Waals surface area contributed by atoms with Gasteiger partial charge in [0.05, 0.1) is 0 Å². The first-order chi connectivity index (χ1) is 14.7. The van der Waals surface area contributed by atoms with Crippen LogP contribution < -0.4 is 11.1 Å². The van der Waals surface area contributed by atoms with Crippen molar-refractivity contribution >= 4 is 11.1 Å². The number of allylic oxidation sites excluding steroid dienone is 8. The van der Waals surface area contributed by atoms with E-state index in [0.717, 1.165) is 65.8 Å². The van der Waals surface area contributed by atoms with Gasteiger partial charge < -0.3 is 11.1 Å². The topological polar surface area (TPSA) is 38.0 Å². The molecule has 0 spiro atoms. The Hall–Kier alpha value is -2.39. The van der Waals surface area contributed by atoms with Crippen molar-refractivity contribution in [3.8, 4) is 0 Å². The molecule has 0 aliphatic heterocycles. The minimum absolute atomic E-state index is 0.301. The van der Waals surface area contributed by atoms with Gasteiger partial charge in [-0.25, -0.2) is 4.39 Å². The molecule has 0 aromatic heterocycles. The summed E-state index contributed by atoms with van der Waals surface area (Å²) in [6.45, 7) is 19.9. The highest BCUT2D eigenvalue weighted by molar-refractivity contribution is 5.90. The van der Waals surface area contributed by atoms with Crippen LogP contribution in [0.4, 0.5) is 4.39 Å². The summed E-state index contributed by atoms with van der Waals surface area (Å²) < 4.78 is 14.8. The molecule has 0 heterocycles. The van der Waals surface area contributed by atoms with Crippen LogP contribution in [0.5, 0.6) is 0 Å². The SMILES string of the molecule is C=C(F)/C(=C\C=C(\NCCCCN)C(C)C)C(=C(C)C)c1ccccc1C(=C)CCC. The Morgan fingerprint density at radius 1 is 1.10 bits per heavy atom. The van der Waals surface area contributed by atoms with Crippen LogP contribution in [-0.2, 0) is 0 Å². The van der Waals surface area contributed by atoms with Crippen molar-refractivity contribution in [1.82, 2.24) is 5.32 Å². The maximum Gasteiger partial charge on any atom is 0.123 e. The second-order valence-corrected chi connectivity index (χ2v) is 8.46. The summed E-state index contributed by atoms with van der Waals surface area (Å²) in [6, 6.07) is 8.13. The molecule has 0 fully saturated rings. The third kappa shape index (κ3) is 8.34. The van der Waals surface area contributed by atoms with Crippen LogP contribution in [-0.4, -0.2) is 13.1 Å². The normalized spacial score (nSPS) is 12.1. The van der Waals surface area contributed by atoms with Gasteiger partial charge in [0.15, 0.2) is 0 Å². The van der Waals surface area contributed by atoms with E-state index in [-0.39, 0.29) is 0 Å². The van der Waals surface area contributed by atoms with Crippen LogP contribution in [0.2, 0.25) is 0 Å². The van der Waals surface area contributed by atoms with E-state index in [1.807, 2.05) is 44.2 Å². The quantitative estimate of drug-likeness (QED) is 0.253. The highest BCUT2D eigenvalue weighted by Crippen LogP contribution is 2.36. The predicted molar refractivity (Wildman–Crippen MR) is 136 cm³/mol. The van der Waals surface area contributed by atoms with Crippen LogP contribution in [0.25, 0.3) is 11.1 Å². The van der Waals surface area contributed by atoms with E-state index >= 15 is 0 Å². The second kappa shape index (κ2) is 13.8. The largest absolute Gasteiger partial charge is 0.388 e. The van der Waals surface area contributed by atoms with E-state index in [1.54, 1.807) is 0 Å². The number of nitrogens with one attached hydrogen (secondary N) is 1. The molecule has 2 nitrogen and oxygen atoms in total. The maximum atomic E-state index is 14.8. The summed E-state index contributed by atoms with van der Waals surface area (Å²) >= 11 is 0. The Kier molecular flexibility index (Phi) is 11.9. The van der Waals surface area contributed by atoms with E-state index in [1.165, 1.54) is 0 Å². The molecular weight excluding hydrogens is 383 g/mol. The molecule has 0 saturated carbocycles. The molecule has 0 bridgehead atoms. The third-order valence-electron chi connectivity index (χ3n) is 5.20. The summed E-state index contributed by atoms with van der Waals surface area (Å²) in [5.41, 5.74) is 12.2. The molecular formula is C28H41FN2. The minimum Gasteiger partial charge on any atom is -0.388 e. The van der Waals surface area contributed by atoms with Crippen LogP contribution >= 0.6 is 0 Å². The molecule has 0 aliphatic carbocycles. The first kappa shape index (κ1) is 26.6. The molecule has 0 unspecified atom stereocenters. The van der Waals surface area contributed by atoms with Gasteiger partial charge in [-0.05, 0) is 80.0 Å². The number of hydrogen-bond donors (Lipinski definition) is 2. The van der Waals surface area contributed by atoms with Gasteiger partial charge in [0.25, 0.3) is 0 Å². The fourth-order valence-electron chi connectivity index (χ4n) is 3.57. The molecule has 0 amide bonds. The molecule has 0 saturated heterocycles. The molecule has 31 heavy (non-hydrogen) atoms. The van der Waals surface area contributed by atoms with Crippen molar-refractivity contribution < 1.29 is 4.39 Å². The van der Waals surface area contributed by atoms with E-state index < -0.39 is 5.83 Å². The first-order valence-electron chi connectivity index (χ1n) is 11.4. The second-order valence-electron chi connectivity index (χ2n) is 8.46. The standard InChI is InChI=1S/C28H41FN2/c1-8-13-22(6)24-14-9-10-15-26(24)28(21(4)5)25(23(7)29)16-17-27(20(2)3)31-19-12-11-18-30/h9-10,14-17,20,31H,6-8,11-13,18-19,30H2,1-5H3/b25-16+,27-17+. The van der Waals surface area contributed by atoms with E-state index in [0.29, 0.717) is 18.0 Å². The molecule has 170 valence electrons. The van der Waals surface area contributed by atoms with Gasteiger partial charge in [0.1, 0.15) is 5.83 Å². The monoisotopic (exact) mass is 424 g/mol. The lowest BCUT2D eigenvalue weighted by Crippen LogP contribution is -2.19. The lowest BCUT2D eigenvalue weighted by Gasteiger charge is -2.19. The zero-order chi connectivity index (χ0) is 23.4. The number of hydrogen-bond acceptors (Lipinski definition) is 2. The van der Waals surface area contributed by atoms with Crippen molar-refractivity contribution in [1.29, 1.82) is 0 Å². The molecule has 1 aromatic carbocycles. The van der Waals surface area contributed by atoms with Crippen molar-refractivity contribution in [3.63, 3.8) is 0 Å². The van der Waals surface area contributed by atoms with Crippen LogP contribution in [0.1, 0.15) is 71.4 Å². The van der Waals surface area contributed by atoms with Crippen LogP contribution in [0.15, 0.2) is 72.2 Å². The molecule has 1 rings (SSSR count). The van der Waals surface area contributed by atoms with Crippen molar-refractivity contribution in [2.24, 2.45) is 11.7 Å². The Morgan fingerprint density at radius 2 is 1.74 bits per heavy atom. The number of halogens is 1. The first-order valence-corrected chi connectivity index (χ1v) is 11.4. The average Bonchev–Trinajstić information content (AvgIpc) is 2.71. The highest BCUT2D eigenvalue weighted by atomic mass is 19.1. The lowest BCUT2D eigenvalue weighted by molar-refractivity contribution is 0.617. The Balaban J connectivity index is 3.46. The van der Waals surface area contributed by atoms with Crippen LogP contribution in [0.3, 0.4) is 0 Å². The van der Waals surface area contributed by atoms with Gasteiger partial charge in [-0.1, -0.05) is 70.2 Å². The molecule has 0 aliphatic rings. The Labute approximate surface area is 189 Å². The average molecular weight is 425 g/mol. The summed E-state index contributed by atoms with van der Waals surface area (Å²) in [5, 5.41) is 3.48. The summed E-state index contributed by atoms with van der Waals surface area (Å²) in [4.78, 5) is 0. The maximum absolute atomic E-state index is 14.8. The zero-order valence-corrected chi connectivity index (χ0v) is 20.2. The Morgan fingerprint density at radius 3 is 2.26 bits per heavy atom. The molecule has 0 radical (unpaired) electrons. The summed E-state index contributed by atoms with van der Waals surface area (Å²) in [5.74, 6) is -0.135. The van der Waals surface area contributed by atoms with E-state index in [9.17, 15) is 4.39 Å².